The fourth-order valence-corrected chi connectivity index (χ4v) is 5.02. The number of pyridine rings is 1. The quantitative estimate of drug-likeness (QED) is 0.417. The first-order valence-electron chi connectivity index (χ1n) is 12.3. The summed E-state index contributed by atoms with van der Waals surface area (Å²) in [5, 5.41) is 9.73. The second-order valence-corrected chi connectivity index (χ2v) is 10.6. The molecule has 1 atom stereocenters. The number of aryl methyl sites for hydroxylation is 2. The van der Waals surface area contributed by atoms with Crippen LogP contribution in [0.1, 0.15) is 68.1 Å². The zero-order valence-electron chi connectivity index (χ0n) is 20.7. The van der Waals surface area contributed by atoms with E-state index in [1.807, 2.05) is 26.0 Å². The van der Waals surface area contributed by atoms with Crippen LogP contribution in [0.3, 0.4) is 0 Å². The van der Waals surface area contributed by atoms with Crippen LogP contribution >= 0.6 is 0 Å². The van der Waals surface area contributed by atoms with Crippen molar-refractivity contribution in [1.82, 2.24) is 4.98 Å². The summed E-state index contributed by atoms with van der Waals surface area (Å²) in [5.41, 5.74) is 2.32. The van der Waals surface area contributed by atoms with Crippen LogP contribution < -0.4 is 9.46 Å². The van der Waals surface area contributed by atoms with E-state index in [0.717, 1.165) is 30.4 Å². The van der Waals surface area contributed by atoms with E-state index >= 15 is 0 Å². The summed E-state index contributed by atoms with van der Waals surface area (Å²) >= 11 is 0. The standard InChI is InChI=1S/C26H36N2O6S/c1-4-19-6-9-23(21(16-19)7-8-22(30)5-2)28-35(31,32)25-11-10-24(26(27-25)18(3)29)34-17-20-12-14-33-15-13-20/h6,9-11,16,20,22,28,30H,4-5,7-8,12-15,17H2,1-3H3. The van der Waals surface area contributed by atoms with E-state index in [9.17, 15) is 18.3 Å². The summed E-state index contributed by atoms with van der Waals surface area (Å²) in [7, 11) is -4.06. The lowest BCUT2D eigenvalue weighted by atomic mass is 10.0. The molecule has 3 rings (SSSR count). The highest BCUT2D eigenvalue weighted by atomic mass is 32.2. The van der Waals surface area contributed by atoms with Crippen LogP contribution in [-0.2, 0) is 27.6 Å². The number of ketones is 1. The van der Waals surface area contributed by atoms with Gasteiger partial charge >= 0.3 is 0 Å². The third-order valence-corrected chi connectivity index (χ3v) is 7.56. The van der Waals surface area contributed by atoms with Crippen molar-refractivity contribution in [2.75, 3.05) is 24.5 Å². The van der Waals surface area contributed by atoms with Gasteiger partial charge in [0.15, 0.2) is 10.8 Å². The van der Waals surface area contributed by atoms with Crippen molar-refractivity contribution < 1.29 is 27.8 Å². The molecule has 8 nitrogen and oxygen atoms in total. The van der Waals surface area contributed by atoms with Crippen LogP contribution in [0.4, 0.5) is 5.69 Å². The number of carbonyl (C=O) groups is 1. The number of sulfonamides is 1. The molecule has 2 aromatic rings. The number of hydrogen-bond donors (Lipinski definition) is 2. The third-order valence-electron chi connectivity index (χ3n) is 6.30. The second-order valence-electron chi connectivity index (χ2n) is 8.97. The molecule has 2 heterocycles. The summed E-state index contributed by atoms with van der Waals surface area (Å²) in [5.74, 6) is 0.236. The van der Waals surface area contributed by atoms with Crippen molar-refractivity contribution in [2.45, 2.75) is 70.4 Å². The Labute approximate surface area is 208 Å². The normalized spacial score (nSPS) is 15.5. The number of ether oxygens (including phenoxy) is 2. The van der Waals surface area contributed by atoms with E-state index in [1.54, 1.807) is 6.07 Å². The lowest BCUT2D eigenvalue weighted by Gasteiger charge is -2.22. The fraction of sp³-hybridized carbons (Fsp3) is 0.538. The SMILES string of the molecule is CCc1ccc(NS(=O)(=O)c2ccc(OCC3CCOCC3)c(C(C)=O)n2)c(CCC(O)CC)c1. The van der Waals surface area contributed by atoms with E-state index < -0.39 is 16.1 Å². The van der Waals surface area contributed by atoms with Crippen LogP contribution in [0.25, 0.3) is 0 Å². The molecule has 0 saturated carbocycles. The fourth-order valence-electron chi connectivity index (χ4n) is 3.96. The molecule has 192 valence electrons. The van der Waals surface area contributed by atoms with E-state index in [1.165, 1.54) is 19.1 Å². The van der Waals surface area contributed by atoms with Crippen LogP contribution in [0.15, 0.2) is 35.4 Å². The van der Waals surface area contributed by atoms with Crippen LogP contribution in [0, 0.1) is 5.92 Å². The van der Waals surface area contributed by atoms with Crippen molar-refractivity contribution in [1.29, 1.82) is 0 Å². The average molecular weight is 505 g/mol. The Morgan fingerprint density at radius 3 is 2.63 bits per heavy atom. The Hall–Kier alpha value is -2.49. The molecular formula is C26H36N2O6S. The van der Waals surface area contributed by atoms with Gasteiger partial charge in [0.1, 0.15) is 11.4 Å². The molecule has 9 heteroatoms. The molecule has 2 N–H and O–H groups in total. The monoisotopic (exact) mass is 504 g/mol. The van der Waals surface area contributed by atoms with Gasteiger partial charge in [-0.1, -0.05) is 26.0 Å². The highest BCUT2D eigenvalue weighted by molar-refractivity contribution is 7.92. The summed E-state index contributed by atoms with van der Waals surface area (Å²) in [6.07, 6.45) is 3.83. The molecule has 1 aliphatic rings. The number of aliphatic hydroxyl groups is 1. The summed E-state index contributed by atoms with van der Waals surface area (Å²) < 4.78 is 40.3. The summed E-state index contributed by atoms with van der Waals surface area (Å²) in [4.78, 5) is 16.4. The predicted octanol–water partition coefficient (Wildman–Crippen LogP) is 4.16. The van der Waals surface area contributed by atoms with Crippen molar-refractivity contribution >= 4 is 21.5 Å². The summed E-state index contributed by atoms with van der Waals surface area (Å²) in [6.45, 7) is 7.08. The highest BCUT2D eigenvalue weighted by Crippen LogP contribution is 2.26. The van der Waals surface area contributed by atoms with Gasteiger partial charge in [0, 0.05) is 20.1 Å². The van der Waals surface area contributed by atoms with Gasteiger partial charge in [0.2, 0.25) is 0 Å². The number of carbonyl (C=O) groups excluding carboxylic acids is 1. The molecule has 1 fully saturated rings. The van der Waals surface area contributed by atoms with E-state index in [4.69, 9.17) is 9.47 Å². The van der Waals surface area contributed by atoms with Crippen LogP contribution in [0.2, 0.25) is 0 Å². The van der Waals surface area contributed by atoms with Crippen LogP contribution in [0.5, 0.6) is 5.75 Å². The van der Waals surface area contributed by atoms with Gasteiger partial charge < -0.3 is 14.6 Å². The number of nitrogens with zero attached hydrogens (tertiary/aromatic N) is 1. The van der Waals surface area contributed by atoms with E-state index in [0.29, 0.717) is 50.7 Å². The van der Waals surface area contributed by atoms with Gasteiger partial charge in [-0.25, -0.2) is 4.98 Å². The zero-order valence-corrected chi connectivity index (χ0v) is 21.6. The number of benzene rings is 1. The van der Waals surface area contributed by atoms with Gasteiger partial charge in [0.25, 0.3) is 10.0 Å². The second kappa shape index (κ2) is 12.5. The number of aliphatic hydroxyl groups excluding tert-OH is 1. The molecule has 1 aliphatic heterocycles. The lowest BCUT2D eigenvalue weighted by Crippen LogP contribution is -2.22. The Balaban J connectivity index is 1.82. The van der Waals surface area contributed by atoms with Crippen LogP contribution in [-0.4, -0.2) is 50.2 Å². The molecule has 0 spiro atoms. The molecule has 1 aromatic carbocycles. The predicted molar refractivity (Wildman–Crippen MR) is 135 cm³/mol. The van der Waals surface area contributed by atoms with Gasteiger partial charge in [-0.05, 0) is 73.8 Å². The van der Waals surface area contributed by atoms with E-state index in [-0.39, 0.29) is 22.3 Å². The largest absolute Gasteiger partial charge is 0.491 e. The highest BCUT2D eigenvalue weighted by Gasteiger charge is 2.23. The number of aromatic nitrogens is 1. The number of hydrogen-bond acceptors (Lipinski definition) is 7. The smallest absolute Gasteiger partial charge is 0.279 e. The number of Topliss-reactive ketones (excluding diaryl/α,β-unsaturated/α-hetero) is 1. The maximum atomic E-state index is 13.2. The minimum atomic E-state index is -4.06. The zero-order chi connectivity index (χ0) is 25.4. The van der Waals surface area contributed by atoms with Crippen molar-refractivity contribution in [3.05, 3.63) is 47.2 Å². The van der Waals surface area contributed by atoms with Gasteiger partial charge in [-0.15, -0.1) is 0 Å². The number of rotatable bonds is 12. The summed E-state index contributed by atoms with van der Waals surface area (Å²) in [6, 6.07) is 8.42. The number of nitrogens with one attached hydrogen (secondary N) is 1. The minimum Gasteiger partial charge on any atom is -0.491 e. The molecular weight excluding hydrogens is 468 g/mol. The molecule has 0 amide bonds. The minimum absolute atomic E-state index is 0.00689. The first-order valence-corrected chi connectivity index (χ1v) is 13.8. The van der Waals surface area contributed by atoms with Crippen molar-refractivity contribution in [3.8, 4) is 5.75 Å². The van der Waals surface area contributed by atoms with Gasteiger partial charge in [0.05, 0.1) is 18.4 Å². The van der Waals surface area contributed by atoms with E-state index in [2.05, 4.69) is 9.71 Å². The van der Waals surface area contributed by atoms with Crippen molar-refractivity contribution in [3.63, 3.8) is 0 Å². The molecule has 1 aromatic heterocycles. The molecule has 1 saturated heterocycles. The lowest BCUT2D eigenvalue weighted by molar-refractivity contribution is 0.0494. The first-order chi connectivity index (χ1) is 16.7. The molecule has 0 bridgehead atoms. The molecule has 0 aliphatic carbocycles. The maximum Gasteiger partial charge on any atom is 0.279 e. The van der Waals surface area contributed by atoms with Gasteiger partial charge in [-0.3, -0.25) is 9.52 Å². The molecule has 1 unspecified atom stereocenters. The average Bonchev–Trinajstić information content (AvgIpc) is 2.86. The third kappa shape index (κ3) is 7.49. The molecule has 0 radical (unpaired) electrons. The Morgan fingerprint density at radius 1 is 1.23 bits per heavy atom. The van der Waals surface area contributed by atoms with Gasteiger partial charge in [-0.2, -0.15) is 8.42 Å². The maximum absolute atomic E-state index is 13.2. The Kier molecular flexibility index (Phi) is 9.65. The Morgan fingerprint density at radius 2 is 1.97 bits per heavy atom. The first kappa shape index (κ1) is 27.1. The number of anilines is 1. The molecule has 35 heavy (non-hydrogen) atoms. The Bertz CT molecular complexity index is 1110. The topological polar surface area (TPSA) is 115 Å². The van der Waals surface area contributed by atoms with Crippen molar-refractivity contribution in [2.24, 2.45) is 5.92 Å².